The lowest BCUT2D eigenvalue weighted by molar-refractivity contribution is 0.0728. The zero-order chi connectivity index (χ0) is 17.1. The monoisotopic (exact) mass is 342 g/mol. The maximum atomic E-state index is 12.4. The first-order valence-corrected chi connectivity index (χ1v) is 8.21. The average molecular weight is 342 g/mol. The molecule has 8 nitrogen and oxygen atoms in total. The van der Waals surface area contributed by atoms with E-state index in [9.17, 15) is 4.79 Å². The first-order valence-electron chi connectivity index (χ1n) is 8.21. The number of carbonyl (C=O) groups excluding carboxylic acids is 1. The van der Waals surface area contributed by atoms with Gasteiger partial charge in [-0.25, -0.2) is 0 Å². The van der Waals surface area contributed by atoms with Gasteiger partial charge in [0.25, 0.3) is 5.91 Å². The molecular weight excluding hydrogens is 324 g/mol. The highest BCUT2D eigenvalue weighted by Gasteiger charge is 2.23. The van der Waals surface area contributed by atoms with Crippen LogP contribution in [0.2, 0.25) is 0 Å². The number of nitrogens with zero attached hydrogens (tertiary/aromatic N) is 4. The third-order valence-electron chi connectivity index (χ3n) is 4.18. The van der Waals surface area contributed by atoms with Gasteiger partial charge in [-0.15, -0.1) is 0 Å². The Bertz CT molecular complexity index is 810. The molecule has 3 aromatic heterocycles. The molecule has 0 aliphatic carbocycles. The summed E-state index contributed by atoms with van der Waals surface area (Å²) in [7, 11) is 0. The number of hydrogen-bond donors (Lipinski definition) is 0. The zero-order valence-electron chi connectivity index (χ0n) is 13.6. The Labute approximate surface area is 144 Å². The minimum Gasteiger partial charge on any atom is -0.461 e. The van der Waals surface area contributed by atoms with Crippen molar-refractivity contribution in [1.82, 2.24) is 19.9 Å². The van der Waals surface area contributed by atoms with E-state index < -0.39 is 0 Å². The summed E-state index contributed by atoms with van der Waals surface area (Å²) in [6.07, 6.45) is 3.97. The molecule has 1 saturated heterocycles. The van der Waals surface area contributed by atoms with Gasteiger partial charge in [0.1, 0.15) is 0 Å². The molecule has 4 heterocycles. The third-order valence-corrected chi connectivity index (χ3v) is 4.18. The van der Waals surface area contributed by atoms with Crippen LogP contribution in [0.5, 0.6) is 0 Å². The van der Waals surface area contributed by atoms with Gasteiger partial charge in [0.2, 0.25) is 11.7 Å². The van der Waals surface area contributed by atoms with Crippen molar-refractivity contribution < 1.29 is 18.2 Å². The molecule has 0 spiro atoms. The third kappa shape index (κ3) is 3.48. The Hall–Kier alpha value is -2.87. The van der Waals surface area contributed by atoms with Crippen molar-refractivity contribution in [3.63, 3.8) is 0 Å². The summed E-state index contributed by atoms with van der Waals surface area (Å²) in [5.41, 5.74) is 0. The van der Waals surface area contributed by atoms with Crippen LogP contribution in [0.25, 0.3) is 11.6 Å². The molecule has 0 aromatic carbocycles. The van der Waals surface area contributed by atoms with Crippen LogP contribution >= 0.6 is 0 Å². The van der Waals surface area contributed by atoms with E-state index in [2.05, 4.69) is 15.0 Å². The van der Waals surface area contributed by atoms with Gasteiger partial charge in [0, 0.05) is 26.2 Å². The molecule has 3 aromatic rings. The van der Waals surface area contributed by atoms with Crippen molar-refractivity contribution >= 4 is 5.91 Å². The summed E-state index contributed by atoms with van der Waals surface area (Å²) in [6, 6.07) is 6.99. The molecule has 1 fully saturated rings. The Morgan fingerprint density at radius 3 is 2.76 bits per heavy atom. The second kappa shape index (κ2) is 6.94. The molecule has 8 heteroatoms. The maximum absolute atomic E-state index is 12.4. The van der Waals surface area contributed by atoms with Gasteiger partial charge in [0.15, 0.2) is 11.5 Å². The molecular formula is C17H18N4O4. The van der Waals surface area contributed by atoms with Crippen molar-refractivity contribution in [3.05, 3.63) is 48.4 Å². The van der Waals surface area contributed by atoms with Gasteiger partial charge in [-0.2, -0.15) is 4.98 Å². The van der Waals surface area contributed by atoms with Gasteiger partial charge in [-0.1, -0.05) is 5.16 Å². The van der Waals surface area contributed by atoms with E-state index in [0.29, 0.717) is 42.9 Å². The maximum Gasteiger partial charge on any atom is 0.289 e. The topological polar surface area (TPSA) is 88.8 Å². The van der Waals surface area contributed by atoms with Crippen LogP contribution in [0.1, 0.15) is 22.9 Å². The first-order chi connectivity index (χ1) is 12.3. The molecule has 0 radical (unpaired) electrons. The Morgan fingerprint density at radius 2 is 1.96 bits per heavy atom. The number of amides is 1. The van der Waals surface area contributed by atoms with E-state index in [-0.39, 0.29) is 5.91 Å². The lowest BCUT2D eigenvalue weighted by Crippen LogP contribution is -2.34. The van der Waals surface area contributed by atoms with E-state index in [1.807, 2.05) is 4.90 Å². The van der Waals surface area contributed by atoms with Gasteiger partial charge >= 0.3 is 0 Å². The molecule has 4 rings (SSSR count). The van der Waals surface area contributed by atoms with Crippen LogP contribution in [0.4, 0.5) is 0 Å². The van der Waals surface area contributed by atoms with Crippen LogP contribution in [-0.4, -0.2) is 52.0 Å². The summed E-state index contributed by atoms with van der Waals surface area (Å²) < 4.78 is 15.8. The number of rotatable bonds is 4. The largest absolute Gasteiger partial charge is 0.461 e. The Morgan fingerprint density at radius 1 is 1.08 bits per heavy atom. The van der Waals surface area contributed by atoms with Crippen molar-refractivity contribution in [2.24, 2.45) is 0 Å². The van der Waals surface area contributed by atoms with E-state index in [4.69, 9.17) is 13.4 Å². The predicted molar refractivity (Wildman–Crippen MR) is 86.5 cm³/mol. The van der Waals surface area contributed by atoms with Crippen molar-refractivity contribution in [3.8, 4) is 11.6 Å². The van der Waals surface area contributed by atoms with E-state index >= 15 is 0 Å². The highest BCUT2D eigenvalue weighted by atomic mass is 16.5. The summed E-state index contributed by atoms with van der Waals surface area (Å²) in [5.74, 6) is 1.89. The SMILES string of the molecule is O=C(c1ccco1)N1CCCN(Cc2nc(-c3ccco3)no2)CC1. The minimum atomic E-state index is -0.0651. The Kier molecular flexibility index (Phi) is 4.34. The molecule has 1 aliphatic heterocycles. The van der Waals surface area contributed by atoms with E-state index in [0.717, 1.165) is 19.5 Å². The molecule has 1 aliphatic rings. The average Bonchev–Trinajstić information content (AvgIpc) is 3.36. The fraction of sp³-hybridized carbons (Fsp3) is 0.353. The summed E-state index contributed by atoms with van der Waals surface area (Å²) in [5, 5.41) is 3.94. The lowest BCUT2D eigenvalue weighted by atomic mass is 10.3. The quantitative estimate of drug-likeness (QED) is 0.718. The minimum absolute atomic E-state index is 0.0651. The smallest absolute Gasteiger partial charge is 0.289 e. The molecule has 1 amide bonds. The summed E-state index contributed by atoms with van der Waals surface area (Å²) >= 11 is 0. The highest BCUT2D eigenvalue weighted by molar-refractivity contribution is 5.91. The fourth-order valence-corrected chi connectivity index (χ4v) is 2.90. The molecule has 25 heavy (non-hydrogen) atoms. The number of carbonyl (C=O) groups is 1. The molecule has 0 N–H and O–H groups in total. The number of furan rings is 2. The highest BCUT2D eigenvalue weighted by Crippen LogP contribution is 2.17. The molecule has 0 saturated carbocycles. The molecule has 0 atom stereocenters. The van der Waals surface area contributed by atoms with Crippen LogP contribution in [0.3, 0.4) is 0 Å². The molecule has 130 valence electrons. The van der Waals surface area contributed by atoms with Gasteiger partial charge in [-0.05, 0) is 30.7 Å². The second-order valence-corrected chi connectivity index (χ2v) is 5.89. The Balaban J connectivity index is 1.36. The molecule has 0 unspecified atom stereocenters. The van der Waals surface area contributed by atoms with Gasteiger partial charge < -0.3 is 18.3 Å². The normalized spacial score (nSPS) is 16.1. The zero-order valence-corrected chi connectivity index (χ0v) is 13.6. The first kappa shape index (κ1) is 15.6. The summed E-state index contributed by atoms with van der Waals surface area (Å²) in [6.45, 7) is 3.50. The van der Waals surface area contributed by atoms with Crippen LogP contribution in [0.15, 0.2) is 50.1 Å². The van der Waals surface area contributed by atoms with E-state index in [1.54, 1.807) is 30.5 Å². The predicted octanol–water partition coefficient (Wildman–Crippen LogP) is 2.27. The van der Waals surface area contributed by atoms with Gasteiger partial charge in [-0.3, -0.25) is 9.69 Å². The van der Waals surface area contributed by atoms with Crippen LogP contribution < -0.4 is 0 Å². The summed E-state index contributed by atoms with van der Waals surface area (Å²) in [4.78, 5) is 20.8. The molecule has 0 bridgehead atoms. The second-order valence-electron chi connectivity index (χ2n) is 5.89. The lowest BCUT2D eigenvalue weighted by Gasteiger charge is -2.20. The van der Waals surface area contributed by atoms with Crippen LogP contribution in [0, 0.1) is 0 Å². The fourth-order valence-electron chi connectivity index (χ4n) is 2.90. The standard InChI is InChI=1S/C17H18N4O4/c22-17(14-5-2-11-24-14)21-7-3-6-20(8-9-21)12-15-18-16(19-25-15)13-4-1-10-23-13/h1-2,4-5,10-11H,3,6-9,12H2. The van der Waals surface area contributed by atoms with Crippen molar-refractivity contribution in [1.29, 1.82) is 0 Å². The van der Waals surface area contributed by atoms with Crippen LogP contribution in [-0.2, 0) is 6.54 Å². The van der Waals surface area contributed by atoms with Crippen molar-refractivity contribution in [2.45, 2.75) is 13.0 Å². The van der Waals surface area contributed by atoms with E-state index in [1.165, 1.54) is 6.26 Å². The number of hydrogen-bond acceptors (Lipinski definition) is 7. The van der Waals surface area contributed by atoms with Gasteiger partial charge in [0.05, 0.1) is 19.1 Å². The number of aromatic nitrogens is 2. The van der Waals surface area contributed by atoms with Crippen molar-refractivity contribution in [2.75, 3.05) is 26.2 Å².